The van der Waals surface area contributed by atoms with Crippen LogP contribution >= 0.6 is 11.6 Å². The van der Waals surface area contributed by atoms with Gasteiger partial charge in [0.2, 0.25) is 5.78 Å². The number of para-hydroxylation sites is 1. The lowest BCUT2D eigenvalue weighted by molar-refractivity contribution is -0.142. The molecule has 1 atom stereocenters. The van der Waals surface area contributed by atoms with Gasteiger partial charge in [0, 0.05) is 35.4 Å². The third-order valence-electron chi connectivity index (χ3n) is 5.83. The summed E-state index contributed by atoms with van der Waals surface area (Å²) in [6, 6.07) is 12.4. The lowest BCUT2D eigenvalue weighted by Gasteiger charge is -2.33. The summed E-state index contributed by atoms with van der Waals surface area (Å²) in [5.74, 6) is -1.08. The fraction of sp³-hybridized carbons (Fsp3) is 0.182. The van der Waals surface area contributed by atoms with Crippen molar-refractivity contribution in [2.24, 2.45) is 7.05 Å². The molecule has 0 saturated carbocycles. The highest BCUT2D eigenvalue weighted by molar-refractivity contribution is 6.32. The number of carbonyl (C=O) groups is 2. The summed E-state index contributed by atoms with van der Waals surface area (Å²) in [6.45, 7) is 0. The van der Waals surface area contributed by atoms with Crippen molar-refractivity contribution in [2.75, 3.05) is 14.2 Å². The summed E-state index contributed by atoms with van der Waals surface area (Å²) in [4.78, 5) is 26.7. The fourth-order valence-corrected chi connectivity index (χ4v) is 4.72. The minimum Gasteiger partial charge on any atom is -0.494 e. The number of hydrogen-bond donors (Lipinski definition) is 2. The molecule has 1 unspecified atom stereocenters. The molecule has 0 aliphatic carbocycles. The number of halogens is 1. The monoisotopic (exact) mass is 423 g/mol. The molecule has 1 aliphatic heterocycles. The molecule has 2 N–H and O–H groups in total. The van der Waals surface area contributed by atoms with Gasteiger partial charge in [-0.2, -0.15) is 0 Å². The van der Waals surface area contributed by atoms with Crippen molar-refractivity contribution in [2.45, 2.75) is 5.72 Å². The number of ether oxygens (including phenoxy) is 1. The van der Waals surface area contributed by atoms with E-state index >= 15 is 0 Å². The van der Waals surface area contributed by atoms with Crippen LogP contribution in [-0.2, 0) is 17.6 Å². The topological polar surface area (TPSA) is 85.5 Å². The van der Waals surface area contributed by atoms with Gasteiger partial charge in [-0.15, -0.1) is 0 Å². The number of rotatable bonds is 2. The van der Waals surface area contributed by atoms with Gasteiger partial charge in [-0.25, -0.2) is 0 Å². The first-order valence-electron chi connectivity index (χ1n) is 9.31. The maximum atomic E-state index is 13.8. The highest BCUT2D eigenvalue weighted by Gasteiger charge is 2.54. The van der Waals surface area contributed by atoms with E-state index in [1.54, 1.807) is 24.3 Å². The lowest BCUT2D eigenvalue weighted by atomic mass is 9.91. The highest BCUT2D eigenvalue weighted by atomic mass is 35.5. The van der Waals surface area contributed by atoms with Gasteiger partial charge in [0.05, 0.1) is 23.9 Å². The average molecular weight is 424 g/mol. The first-order valence-corrected chi connectivity index (χ1v) is 9.69. The minimum atomic E-state index is -2.48. The number of methoxy groups -OCH3 is 1. The van der Waals surface area contributed by atoms with Gasteiger partial charge in [-0.3, -0.25) is 14.2 Å². The maximum absolute atomic E-state index is 13.8. The molecule has 7 nitrogen and oxygen atoms in total. The summed E-state index contributed by atoms with van der Waals surface area (Å²) >= 11 is 6.21. The molecule has 1 amide bonds. The van der Waals surface area contributed by atoms with E-state index in [1.807, 2.05) is 29.8 Å². The van der Waals surface area contributed by atoms with Crippen LogP contribution in [0.1, 0.15) is 10.4 Å². The SMILES string of the molecule is CNC(=O)C1(O)C(=O)c2c(n(C)c3ccc(Cl)cc23)-c2c(OC)c3ccccc3n21. The Morgan fingerprint density at radius 2 is 1.87 bits per heavy atom. The molecule has 2 aromatic heterocycles. The standard InChI is InChI=1S/C22H18ClN3O4/c1-24-21(28)22(29)20(27)16-13-10-11(23)8-9-14(13)25(2)17(16)18-19(30-3)12-6-4-5-7-15(12)26(18)22/h4-10,29H,1-3H3,(H,24,28). The molecule has 2 aromatic carbocycles. The third kappa shape index (κ3) is 2.03. The minimum absolute atomic E-state index is 0.231. The average Bonchev–Trinajstić information content (AvgIpc) is 3.23. The van der Waals surface area contributed by atoms with Crippen LogP contribution in [0.5, 0.6) is 5.75 Å². The predicted octanol–water partition coefficient (Wildman–Crippen LogP) is 3.05. The van der Waals surface area contributed by atoms with Crippen LogP contribution in [0.2, 0.25) is 5.02 Å². The van der Waals surface area contributed by atoms with Gasteiger partial charge >= 0.3 is 0 Å². The largest absolute Gasteiger partial charge is 0.494 e. The quantitative estimate of drug-likeness (QED) is 0.485. The van der Waals surface area contributed by atoms with Crippen molar-refractivity contribution in [1.29, 1.82) is 0 Å². The molecule has 4 aromatic rings. The van der Waals surface area contributed by atoms with Crippen molar-refractivity contribution in [3.8, 4) is 17.1 Å². The zero-order chi connectivity index (χ0) is 21.4. The number of amides is 1. The second kappa shape index (κ2) is 6.10. The number of nitrogens with one attached hydrogen (secondary N) is 1. The van der Waals surface area contributed by atoms with E-state index in [0.29, 0.717) is 38.4 Å². The number of hydrogen-bond acceptors (Lipinski definition) is 4. The molecule has 0 saturated heterocycles. The normalized spacial score (nSPS) is 17.8. The molecule has 1 aliphatic rings. The molecule has 5 rings (SSSR count). The molecule has 0 spiro atoms. The van der Waals surface area contributed by atoms with Crippen LogP contribution in [0.4, 0.5) is 0 Å². The number of likely N-dealkylation sites (N-methyl/N-ethyl adjacent to an activating group) is 1. The van der Waals surface area contributed by atoms with E-state index in [2.05, 4.69) is 5.32 Å². The molecule has 3 heterocycles. The van der Waals surface area contributed by atoms with Crippen molar-refractivity contribution < 1.29 is 19.4 Å². The summed E-state index contributed by atoms with van der Waals surface area (Å²) in [6.07, 6.45) is 0. The van der Waals surface area contributed by atoms with Gasteiger partial charge in [0.15, 0.2) is 5.75 Å². The number of carbonyl (C=O) groups excluding carboxylic acids is 2. The van der Waals surface area contributed by atoms with E-state index < -0.39 is 17.4 Å². The Morgan fingerprint density at radius 1 is 1.13 bits per heavy atom. The van der Waals surface area contributed by atoms with E-state index in [-0.39, 0.29) is 5.56 Å². The van der Waals surface area contributed by atoms with Gasteiger partial charge < -0.3 is 19.7 Å². The molecular weight excluding hydrogens is 406 g/mol. The summed E-state index contributed by atoms with van der Waals surface area (Å²) in [5, 5.41) is 15.8. The number of nitrogens with zero attached hydrogens (tertiary/aromatic N) is 2. The number of aromatic nitrogens is 2. The summed E-state index contributed by atoms with van der Waals surface area (Å²) < 4.78 is 8.95. The van der Waals surface area contributed by atoms with E-state index in [0.717, 1.165) is 5.52 Å². The van der Waals surface area contributed by atoms with Crippen LogP contribution in [0.15, 0.2) is 42.5 Å². The lowest BCUT2D eigenvalue weighted by Crippen LogP contribution is -2.55. The van der Waals surface area contributed by atoms with Crippen LogP contribution in [0.3, 0.4) is 0 Å². The molecule has 30 heavy (non-hydrogen) atoms. The van der Waals surface area contributed by atoms with Crippen molar-refractivity contribution in [3.63, 3.8) is 0 Å². The zero-order valence-corrected chi connectivity index (χ0v) is 17.2. The third-order valence-corrected chi connectivity index (χ3v) is 6.06. The molecule has 0 fully saturated rings. The van der Waals surface area contributed by atoms with E-state index in [9.17, 15) is 14.7 Å². The van der Waals surface area contributed by atoms with Gasteiger partial charge in [-0.1, -0.05) is 23.7 Å². The maximum Gasteiger partial charge on any atom is 0.289 e. The van der Waals surface area contributed by atoms with Crippen molar-refractivity contribution in [3.05, 3.63) is 53.1 Å². The smallest absolute Gasteiger partial charge is 0.289 e. The molecule has 0 bridgehead atoms. The Bertz CT molecular complexity index is 1400. The number of Topliss-reactive ketones (excluding diaryl/α,β-unsaturated/α-hetero) is 1. The predicted molar refractivity (Wildman–Crippen MR) is 114 cm³/mol. The number of aliphatic hydroxyl groups is 1. The van der Waals surface area contributed by atoms with Crippen LogP contribution in [0, 0.1) is 0 Å². The van der Waals surface area contributed by atoms with Crippen LogP contribution in [0.25, 0.3) is 33.2 Å². The number of aryl methyl sites for hydroxylation is 1. The Balaban J connectivity index is 2.08. The molecule has 152 valence electrons. The van der Waals surface area contributed by atoms with Crippen molar-refractivity contribution in [1.82, 2.24) is 14.5 Å². The first-order chi connectivity index (χ1) is 14.4. The molecule has 8 heteroatoms. The second-order valence-electron chi connectivity index (χ2n) is 7.26. The first kappa shape index (κ1) is 18.7. The van der Waals surface area contributed by atoms with Crippen molar-refractivity contribution >= 4 is 45.1 Å². The Hall–Kier alpha value is -3.29. The van der Waals surface area contributed by atoms with E-state index in [1.165, 1.54) is 18.7 Å². The van der Waals surface area contributed by atoms with Crippen LogP contribution < -0.4 is 10.1 Å². The fourth-order valence-electron chi connectivity index (χ4n) is 4.55. The van der Waals surface area contributed by atoms with Crippen LogP contribution in [-0.4, -0.2) is 40.1 Å². The van der Waals surface area contributed by atoms with Gasteiger partial charge in [-0.05, 0) is 30.3 Å². The molecular formula is C22H18ClN3O4. The van der Waals surface area contributed by atoms with E-state index in [4.69, 9.17) is 16.3 Å². The molecule has 0 radical (unpaired) electrons. The van der Waals surface area contributed by atoms with Gasteiger partial charge in [0.25, 0.3) is 11.6 Å². The zero-order valence-electron chi connectivity index (χ0n) is 16.5. The van der Waals surface area contributed by atoms with Gasteiger partial charge in [0.1, 0.15) is 5.69 Å². The Labute approximate surface area is 176 Å². The Morgan fingerprint density at radius 3 is 2.57 bits per heavy atom. The summed E-state index contributed by atoms with van der Waals surface area (Å²) in [7, 11) is 4.73. The summed E-state index contributed by atoms with van der Waals surface area (Å²) in [5.41, 5.74) is 0.0164. The second-order valence-corrected chi connectivity index (χ2v) is 7.70. The Kier molecular flexibility index (Phi) is 3.81. The number of ketones is 1. The number of fused-ring (bicyclic) bond motifs is 7. The number of benzene rings is 2. The highest BCUT2D eigenvalue weighted by Crippen LogP contribution is 2.50.